The molecule has 0 aliphatic carbocycles. The Bertz CT molecular complexity index is 1010. The van der Waals surface area contributed by atoms with E-state index in [0.29, 0.717) is 37.9 Å². The molecule has 0 saturated heterocycles. The molecule has 7 nitrogen and oxygen atoms in total. The van der Waals surface area contributed by atoms with E-state index in [4.69, 9.17) is 15.2 Å². The summed E-state index contributed by atoms with van der Waals surface area (Å²) in [4.78, 5) is 22.9. The second-order valence-corrected chi connectivity index (χ2v) is 10.5. The maximum absolute atomic E-state index is 11.5. The largest absolute Gasteiger partial charge is 0.446 e. The molecule has 7 heteroatoms. The molecule has 1 aromatic carbocycles. The number of nitrogens with two attached hydrogens (primary N) is 1. The maximum atomic E-state index is 11.5. The second-order valence-electron chi connectivity index (χ2n) is 10.5. The van der Waals surface area contributed by atoms with Gasteiger partial charge in [0.1, 0.15) is 11.9 Å². The number of aliphatic hydroxyl groups is 2. The molecule has 1 aliphatic heterocycles. The average Bonchev–Trinajstić information content (AvgIpc) is 2.86. The number of primary amides is 1. The molecule has 0 radical (unpaired) electrons. The number of rotatable bonds is 14. The minimum absolute atomic E-state index is 0.0715. The number of hydrogen-bond donors (Lipinski definition) is 3. The normalized spacial score (nSPS) is 18.9. The standard InChI is InChI=1S/C31H45NO6/c1-6-7-8-12-27(38-31(32)36)23(5)30(35)22(4)18-20(2)17-21(3)26(33)11-9-10-24-13-14-25-15-16-29(34)37-28(25)19-24/h7-10,13-14,17,19,21-23,26-27,30,33,35H,6,11-12,15-16,18H2,1-5H3,(H2,32,36)/b8-7-,10-9-,20-17-. The SMILES string of the molecule is CC/C=C\CC(OC(N)=O)C(C)C(O)C(C)C/C(C)=C\C(C)C(O)C/C=C\c1ccc2c(c1)OC(=O)CC2. The third kappa shape index (κ3) is 10.1. The molecule has 4 N–H and O–H groups in total. The molecule has 0 fully saturated rings. The van der Waals surface area contributed by atoms with Gasteiger partial charge in [-0.1, -0.05) is 75.8 Å². The molecule has 0 saturated carbocycles. The predicted octanol–water partition coefficient (Wildman–Crippen LogP) is 5.73. The number of aryl methyl sites for hydroxylation is 1. The molecule has 38 heavy (non-hydrogen) atoms. The third-order valence-corrected chi connectivity index (χ3v) is 7.15. The Morgan fingerprint density at radius 1 is 1.13 bits per heavy atom. The van der Waals surface area contributed by atoms with E-state index >= 15 is 0 Å². The van der Waals surface area contributed by atoms with E-state index in [2.05, 4.69) is 0 Å². The van der Waals surface area contributed by atoms with Crippen LogP contribution in [0.5, 0.6) is 5.75 Å². The summed E-state index contributed by atoms with van der Waals surface area (Å²) in [5.41, 5.74) is 8.29. The molecule has 1 aromatic rings. The summed E-state index contributed by atoms with van der Waals surface area (Å²) in [7, 11) is 0. The second kappa shape index (κ2) is 15.5. The first-order chi connectivity index (χ1) is 18.0. The van der Waals surface area contributed by atoms with Crippen molar-refractivity contribution < 1.29 is 29.3 Å². The summed E-state index contributed by atoms with van der Waals surface area (Å²) in [6.07, 6.45) is 10.9. The Balaban J connectivity index is 1.90. The van der Waals surface area contributed by atoms with E-state index in [-0.39, 0.29) is 23.7 Å². The van der Waals surface area contributed by atoms with E-state index in [1.165, 1.54) is 0 Å². The molecule has 6 unspecified atom stereocenters. The van der Waals surface area contributed by atoms with Crippen LogP contribution in [-0.2, 0) is 16.0 Å². The number of fused-ring (bicyclic) bond motifs is 1. The first-order valence-electron chi connectivity index (χ1n) is 13.7. The Labute approximate surface area is 227 Å². The van der Waals surface area contributed by atoms with Crippen LogP contribution in [0.1, 0.15) is 77.8 Å². The van der Waals surface area contributed by atoms with Crippen molar-refractivity contribution in [3.8, 4) is 5.75 Å². The quantitative estimate of drug-likeness (QED) is 0.162. The van der Waals surface area contributed by atoms with Gasteiger partial charge in [0.2, 0.25) is 0 Å². The molecule has 2 rings (SSSR count). The van der Waals surface area contributed by atoms with Gasteiger partial charge in [-0.2, -0.15) is 0 Å². The number of benzene rings is 1. The fraction of sp³-hybridized carbons (Fsp3) is 0.548. The van der Waals surface area contributed by atoms with Crippen molar-refractivity contribution in [3.63, 3.8) is 0 Å². The molecule has 210 valence electrons. The van der Waals surface area contributed by atoms with Crippen LogP contribution in [0, 0.1) is 17.8 Å². The molecular weight excluding hydrogens is 482 g/mol. The van der Waals surface area contributed by atoms with Crippen molar-refractivity contribution in [1.29, 1.82) is 0 Å². The number of ether oxygens (including phenoxy) is 2. The van der Waals surface area contributed by atoms with Crippen LogP contribution in [0.2, 0.25) is 0 Å². The smallest absolute Gasteiger partial charge is 0.404 e. The highest BCUT2D eigenvalue weighted by Crippen LogP contribution is 2.28. The van der Waals surface area contributed by atoms with E-state index in [0.717, 1.165) is 23.1 Å². The van der Waals surface area contributed by atoms with E-state index in [9.17, 15) is 19.8 Å². The van der Waals surface area contributed by atoms with Gasteiger partial charge in [0, 0.05) is 18.3 Å². The average molecular weight is 528 g/mol. The van der Waals surface area contributed by atoms with Crippen LogP contribution in [0.15, 0.2) is 48.1 Å². The molecule has 0 aromatic heterocycles. The topological polar surface area (TPSA) is 119 Å². The van der Waals surface area contributed by atoms with Crippen LogP contribution in [-0.4, -0.2) is 40.6 Å². The molecule has 0 spiro atoms. The highest BCUT2D eigenvalue weighted by molar-refractivity contribution is 5.75. The van der Waals surface area contributed by atoms with Gasteiger partial charge >= 0.3 is 12.1 Å². The summed E-state index contributed by atoms with van der Waals surface area (Å²) in [6, 6.07) is 5.82. The van der Waals surface area contributed by atoms with E-state index < -0.39 is 24.4 Å². The summed E-state index contributed by atoms with van der Waals surface area (Å²) in [6.45, 7) is 9.85. The molecule has 1 amide bonds. The van der Waals surface area contributed by atoms with Gasteiger partial charge in [-0.25, -0.2) is 4.79 Å². The number of allylic oxidation sites excluding steroid dienone is 2. The first kappa shape index (κ1) is 31.3. The molecule has 1 heterocycles. The maximum Gasteiger partial charge on any atom is 0.404 e. The Morgan fingerprint density at radius 3 is 2.55 bits per heavy atom. The number of aliphatic hydroxyl groups excluding tert-OH is 2. The van der Waals surface area contributed by atoms with Gasteiger partial charge in [0.25, 0.3) is 0 Å². The minimum Gasteiger partial charge on any atom is -0.446 e. The van der Waals surface area contributed by atoms with Crippen LogP contribution in [0.3, 0.4) is 0 Å². The van der Waals surface area contributed by atoms with Gasteiger partial charge in [-0.3, -0.25) is 4.79 Å². The molecule has 6 atom stereocenters. The number of carbonyl (C=O) groups is 2. The van der Waals surface area contributed by atoms with Crippen molar-refractivity contribution in [1.82, 2.24) is 0 Å². The van der Waals surface area contributed by atoms with Gasteiger partial charge < -0.3 is 25.4 Å². The third-order valence-electron chi connectivity index (χ3n) is 7.15. The fourth-order valence-corrected chi connectivity index (χ4v) is 4.86. The van der Waals surface area contributed by atoms with Crippen molar-refractivity contribution in [2.75, 3.05) is 0 Å². The van der Waals surface area contributed by atoms with Gasteiger partial charge in [-0.05, 0) is 55.7 Å². The monoisotopic (exact) mass is 527 g/mol. The van der Waals surface area contributed by atoms with Crippen LogP contribution >= 0.6 is 0 Å². The lowest BCUT2D eigenvalue weighted by Crippen LogP contribution is -2.37. The Kier molecular flexibility index (Phi) is 12.8. The lowest BCUT2D eigenvalue weighted by Gasteiger charge is -2.30. The predicted molar refractivity (Wildman–Crippen MR) is 150 cm³/mol. The summed E-state index contributed by atoms with van der Waals surface area (Å²) in [5, 5.41) is 21.6. The van der Waals surface area contributed by atoms with Gasteiger partial charge in [0.05, 0.1) is 18.6 Å². The van der Waals surface area contributed by atoms with Gasteiger partial charge in [0.15, 0.2) is 0 Å². The number of esters is 1. The lowest BCUT2D eigenvalue weighted by molar-refractivity contribution is -0.135. The lowest BCUT2D eigenvalue weighted by atomic mass is 9.84. The zero-order valence-corrected chi connectivity index (χ0v) is 23.4. The molecule has 0 bridgehead atoms. The van der Waals surface area contributed by atoms with Crippen LogP contribution in [0.4, 0.5) is 4.79 Å². The molecule has 1 aliphatic rings. The van der Waals surface area contributed by atoms with Crippen molar-refractivity contribution in [3.05, 3.63) is 59.2 Å². The van der Waals surface area contributed by atoms with Crippen molar-refractivity contribution in [2.45, 2.75) is 91.5 Å². The molecular formula is C31H45NO6. The Hall–Kier alpha value is -2.90. The zero-order valence-electron chi connectivity index (χ0n) is 23.4. The van der Waals surface area contributed by atoms with Crippen LogP contribution in [0.25, 0.3) is 6.08 Å². The van der Waals surface area contributed by atoms with Crippen LogP contribution < -0.4 is 10.5 Å². The fourth-order valence-electron chi connectivity index (χ4n) is 4.86. The number of amides is 1. The summed E-state index contributed by atoms with van der Waals surface area (Å²) >= 11 is 0. The summed E-state index contributed by atoms with van der Waals surface area (Å²) in [5.74, 6) is -0.0171. The van der Waals surface area contributed by atoms with E-state index in [1.807, 2.05) is 83.2 Å². The number of carbonyl (C=O) groups excluding carboxylic acids is 2. The number of hydrogen-bond acceptors (Lipinski definition) is 6. The highest BCUT2D eigenvalue weighted by atomic mass is 16.6. The van der Waals surface area contributed by atoms with Crippen molar-refractivity contribution >= 4 is 18.1 Å². The van der Waals surface area contributed by atoms with E-state index in [1.54, 1.807) is 0 Å². The Morgan fingerprint density at radius 2 is 1.87 bits per heavy atom. The minimum atomic E-state index is -0.838. The highest BCUT2D eigenvalue weighted by Gasteiger charge is 2.30. The van der Waals surface area contributed by atoms with Crippen molar-refractivity contribution in [2.24, 2.45) is 23.5 Å². The zero-order chi connectivity index (χ0) is 28.2. The summed E-state index contributed by atoms with van der Waals surface area (Å²) < 4.78 is 10.6. The first-order valence-corrected chi connectivity index (χ1v) is 13.7. The van der Waals surface area contributed by atoms with Gasteiger partial charge in [-0.15, -0.1) is 0 Å².